The van der Waals surface area contributed by atoms with Crippen LogP contribution in [-0.4, -0.2) is 4.98 Å². The van der Waals surface area contributed by atoms with Gasteiger partial charge in [-0.2, -0.15) is 0 Å². The molecule has 0 spiro atoms. The Kier molecular flexibility index (Phi) is 4.95. The Morgan fingerprint density at radius 2 is 1.78 bits per heavy atom. The number of rotatable bonds is 6. The Morgan fingerprint density at radius 3 is 2.44 bits per heavy atom. The molecule has 1 unspecified atom stereocenters. The summed E-state index contributed by atoms with van der Waals surface area (Å²) in [6, 6.07) is 16.8. The molecule has 0 saturated carbocycles. The van der Waals surface area contributed by atoms with E-state index in [0.29, 0.717) is 5.92 Å². The Morgan fingerprint density at radius 1 is 1.00 bits per heavy atom. The van der Waals surface area contributed by atoms with Crippen molar-refractivity contribution in [1.82, 2.24) is 4.98 Å². The number of aryl methyl sites for hydroxylation is 1. The molecule has 18 heavy (non-hydrogen) atoms. The molecular formula is C17H20N. The lowest BCUT2D eigenvalue weighted by Crippen LogP contribution is -2.01. The van der Waals surface area contributed by atoms with E-state index in [1.807, 2.05) is 12.3 Å². The summed E-state index contributed by atoms with van der Waals surface area (Å²) in [5, 5.41) is 0. The number of aromatic nitrogens is 1. The van der Waals surface area contributed by atoms with Gasteiger partial charge in [0.1, 0.15) is 0 Å². The first-order chi connectivity index (χ1) is 8.90. The number of pyridine rings is 1. The number of hydrogen-bond donors (Lipinski definition) is 0. The van der Waals surface area contributed by atoms with Crippen LogP contribution in [0.5, 0.6) is 0 Å². The lowest BCUT2D eigenvalue weighted by atomic mass is 9.94. The molecule has 0 fully saturated rings. The molecule has 1 radical (unpaired) electrons. The molecule has 1 aromatic carbocycles. The minimum Gasteiger partial charge on any atom is -0.261 e. The second-order valence-electron chi connectivity index (χ2n) is 4.62. The van der Waals surface area contributed by atoms with Gasteiger partial charge in [0, 0.05) is 17.8 Å². The lowest BCUT2D eigenvalue weighted by molar-refractivity contribution is 0.582. The van der Waals surface area contributed by atoms with E-state index in [1.54, 1.807) is 0 Å². The van der Waals surface area contributed by atoms with Gasteiger partial charge in [-0.15, -0.1) is 0 Å². The standard InChI is InChI=1S/C17H20N/c1-2-16(17-13-6-7-14-18-17)12-8-11-15-9-4-3-5-10-15/h3-7,9-10,13-14,16H,1-2,8,11-12H2. The minimum absolute atomic E-state index is 0.495. The van der Waals surface area contributed by atoms with Crippen molar-refractivity contribution in [2.24, 2.45) is 0 Å². The average molecular weight is 238 g/mol. The van der Waals surface area contributed by atoms with Crippen molar-refractivity contribution in [3.05, 3.63) is 72.9 Å². The smallest absolute Gasteiger partial charge is 0.0434 e. The SMILES string of the molecule is [CH2]CC(CCCc1ccccc1)c1ccccn1. The molecule has 0 bridgehead atoms. The van der Waals surface area contributed by atoms with Crippen LogP contribution in [0.4, 0.5) is 0 Å². The second kappa shape index (κ2) is 6.95. The second-order valence-corrected chi connectivity index (χ2v) is 4.62. The summed E-state index contributed by atoms with van der Waals surface area (Å²) in [5.74, 6) is 0.495. The highest BCUT2D eigenvalue weighted by molar-refractivity contribution is 5.15. The normalized spacial score (nSPS) is 12.3. The van der Waals surface area contributed by atoms with Crippen molar-refractivity contribution >= 4 is 0 Å². The summed E-state index contributed by atoms with van der Waals surface area (Å²) in [6.07, 6.45) is 6.29. The molecule has 0 aliphatic rings. The molecule has 0 amide bonds. The first kappa shape index (κ1) is 12.8. The van der Waals surface area contributed by atoms with Crippen LogP contribution in [0, 0.1) is 6.92 Å². The first-order valence-corrected chi connectivity index (χ1v) is 6.64. The lowest BCUT2D eigenvalue weighted by Gasteiger charge is -2.13. The summed E-state index contributed by atoms with van der Waals surface area (Å²) in [6.45, 7) is 4.05. The third-order valence-corrected chi connectivity index (χ3v) is 3.32. The fourth-order valence-corrected chi connectivity index (χ4v) is 2.25. The van der Waals surface area contributed by atoms with E-state index >= 15 is 0 Å². The van der Waals surface area contributed by atoms with Crippen LogP contribution in [0.3, 0.4) is 0 Å². The van der Waals surface area contributed by atoms with Crippen LogP contribution < -0.4 is 0 Å². The summed E-state index contributed by atoms with van der Waals surface area (Å²) >= 11 is 0. The van der Waals surface area contributed by atoms with Gasteiger partial charge in [-0.3, -0.25) is 4.98 Å². The zero-order valence-electron chi connectivity index (χ0n) is 10.8. The van der Waals surface area contributed by atoms with Crippen LogP contribution in [0.1, 0.15) is 36.4 Å². The third kappa shape index (κ3) is 3.69. The highest BCUT2D eigenvalue weighted by atomic mass is 14.7. The predicted molar refractivity (Wildman–Crippen MR) is 76.3 cm³/mol. The zero-order valence-corrected chi connectivity index (χ0v) is 10.8. The third-order valence-electron chi connectivity index (χ3n) is 3.32. The van der Waals surface area contributed by atoms with Crippen LogP contribution in [0.2, 0.25) is 0 Å². The van der Waals surface area contributed by atoms with Gasteiger partial charge in [0.15, 0.2) is 0 Å². The maximum atomic E-state index is 4.44. The van der Waals surface area contributed by atoms with Crippen molar-refractivity contribution in [1.29, 1.82) is 0 Å². The number of benzene rings is 1. The van der Waals surface area contributed by atoms with Gasteiger partial charge in [-0.1, -0.05) is 43.3 Å². The molecule has 1 atom stereocenters. The van der Waals surface area contributed by atoms with Crippen LogP contribution >= 0.6 is 0 Å². The summed E-state index contributed by atoms with van der Waals surface area (Å²) in [5.41, 5.74) is 2.60. The predicted octanol–water partition coefficient (Wildman–Crippen LogP) is 4.41. The number of nitrogens with zero attached hydrogens (tertiary/aromatic N) is 1. The van der Waals surface area contributed by atoms with E-state index in [4.69, 9.17) is 0 Å². The molecule has 0 saturated heterocycles. The first-order valence-electron chi connectivity index (χ1n) is 6.64. The van der Waals surface area contributed by atoms with Gasteiger partial charge in [0.25, 0.3) is 0 Å². The van der Waals surface area contributed by atoms with Gasteiger partial charge in [-0.25, -0.2) is 0 Å². The monoisotopic (exact) mass is 238 g/mol. The Hall–Kier alpha value is -1.63. The average Bonchev–Trinajstić information content (AvgIpc) is 2.46. The molecule has 1 heteroatoms. The van der Waals surface area contributed by atoms with E-state index in [1.165, 1.54) is 17.7 Å². The van der Waals surface area contributed by atoms with Crippen molar-refractivity contribution < 1.29 is 0 Å². The summed E-state index contributed by atoms with van der Waals surface area (Å²) < 4.78 is 0. The van der Waals surface area contributed by atoms with Crippen LogP contribution in [0.25, 0.3) is 0 Å². The minimum atomic E-state index is 0.495. The molecule has 0 aliphatic carbocycles. The van der Waals surface area contributed by atoms with E-state index in [-0.39, 0.29) is 0 Å². The highest BCUT2D eigenvalue weighted by Gasteiger charge is 2.09. The number of hydrogen-bond acceptors (Lipinski definition) is 1. The maximum Gasteiger partial charge on any atom is 0.0434 e. The largest absolute Gasteiger partial charge is 0.261 e. The quantitative estimate of drug-likeness (QED) is 0.726. The Bertz CT molecular complexity index is 436. The molecule has 1 aromatic heterocycles. The Balaban J connectivity index is 1.85. The van der Waals surface area contributed by atoms with E-state index in [9.17, 15) is 0 Å². The van der Waals surface area contributed by atoms with Crippen molar-refractivity contribution in [3.63, 3.8) is 0 Å². The van der Waals surface area contributed by atoms with Gasteiger partial charge >= 0.3 is 0 Å². The highest BCUT2D eigenvalue weighted by Crippen LogP contribution is 2.23. The van der Waals surface area contributed by atoms with Crippen LogP contribution in [-0.2, 0) is 6.42 Å². The van der Waals surface area contributed by atoms with Gasteiger partial charge in [0.05, 0.1) is 0 Å². The molecule has 0 N–H and O–H groups in total. The molecule has 2 rings (SSSR count). The Labute approximate surface area is 110 Å². The molecular weight excluding hydrogens is 218 g/mol. The van der Waals surface area contributed by atoms with E-state index in [2.05, 4.69) is 54.4 Å². The van der Waals surface area contributed by atoms with Gasteiger partial charge in [-0.05, 0) is 43.4 Å². The fourth-order valence-electron chi connectivity index (χ4n) is 2.25. The van der Waals surface area contributed by atoms with E-state index < -0.39 is 0 Å². The molecule has 93 valence electrons. The fraction of sp³-hybridized carbons (Fsp3) is 0.294. The summed E-state index contributed by atoms with van der Waals surface area (Å²) in [4.78, 5) is 4.44. The van der Waals surface area contributed by atoms with Crippen molar-refractivity contribution in [2.45, 2.75) is 31.6 Å². The molecule has 1 nitrogen and oxygen atoms in total. The van der Waals surface area contributed by atoms with Crippen LogP contribution in [0.15, 0.2) is 54.7 Å². The zero-order chi connectivity index (χ0) is 12.6. The maximum absolute atomic E-state index is 4.44. The van der Waals surface area contributed by atoms with Gasteiger partial charge < -0.3 is 0 Å². The molecule has 1 heterocycles. The van der Waals surface area contributed by atoms with Crippen molar-refractivity contribution in [3.8, 4) is 0 Å². The van der Waals surface area contributed by atoms with E-state index in [0.717, 1.165) is 19.3 Å². The topological polar surface area (TPSA) is 12.9 Å². The van der Waals surface area contributed by atoms with Gasteiger partial charge in [0.2, 0.25) is 0 Å². The molecule has 0 aliphatic heterocycles. The molecule has 2 aromatic rings. The van der Waals surface area contributed by atoms with Crippen molar-refractivity contribution in [2.75, 3.05) is 0 Å². The summed E-state index contributed by atoms with van der Waals surface area (Å²) in [7, 11) is 0.